The monoisotopic (exact) mass is 302 g/mol. The van der Waals surface area contributed by atoms with E-state index in [0.717, 1.165) is 0 Å². The first-order valence-electron chi connectivity index (χ1n) is 5.71. The Morgan fingerprint density at radius 2 is 1.89 bits per heavy atom. The van der Waals surface area contributed by atoms with Gasteiger partial charge in [-0.2, -0.15) is 0 Å². The van der Waals surface area contributed by atoms with Crippen molar-refractivity contribution >= 4 is 40.7 Å². The first-order valence-corrected chi connectivity index (χ1v) is 6.46. The number of hydrogen-bond donors (Lipinski definition) is 1. The summed E-state index contributed by atoms with van der Waals surface area (Å²) in [6.07, 6.45) is 0. The molecule has 19 heavy (non-hydrogen) atoms. The van der Waals surface area contributed by atoms with Gasteiger partial charge in [-0.05, 0) is 18.2 Å². The summed E-state index contributed by atoms with van der Waals surface area (Å²) in [6.45, 7) is 1.72. The van der Waals surface area contributed by atoms with Crippen LogP contribution in [0.25, 0.3) is 0 Å². The first-order chi connectivity index (χ1) is 9.08. The van der Waals surface area contributed by atoms with Gasteiger partial charge in [0.2, 0.25) is 0 Å². The van der Waals surface area contributed by atoms with Crippen LogP contribution in [0.5, 0.6) is 0 Å². The van der Waals surface area contributed by atoms with Gasteiger partial charge in [-0.15, -0.1) is 0 Å². The molecular weight excluding hydrogens is 291 g/mol. The number of morpholine rings is 1. The van der Waals surface area contributed by atoms with Gasteiger partial charge < -0.3 is 15.0 Å². The van der Waals surface area contributed by atoms with Crippen molar-refractivity contribution in [3.8, 4) is 0 Å². The Bertz CT molecular complexity index is 502. The fraction of sp³-hybridized carbons (Fsp3) is 0.333. The number of carbonyl (C=O) groups is 2. The van der Waals surface area contributed by atoms with Gasteiger partial charge >= 0.3 is 11.8 Å². The van der Waals surface area contributed by atoms with Crippen LogP contribution >= 0.6 is 23.2 Å². The van der Waals surface area contributed by atoms with Gasteiger partial charge in [0, 0.05) is 18.1 Å². The maximum Gasteiger partial charge on any atom is 0.313 e. The molecule has 1 aliphatic heterocycles. The zero-order chi connectivity index (χ0) is 13.8. The Hall–Kier alpha value is -1.30. The molecular formula is C12H12Cl2N2O3. The Morgan fingerprint density at radius 1 is 1.21 bits per heavy atom. The molecule has 1 saturated heterocycles. The summed E-state index contributed by atoms with van der Waals surface area (Å²) in [5.41, 5.74) is 0.359. The average Bonchev–Trinajstić information content (AvgIpc) is 2.42. The van der Waals surface area contributed by atoms with Crippen LogP contribution < -0.4 is 5.32 Å². The lowest BCUT2D eigenvalue weighted by Gasteiger charge is -2.26. The Morgan fingerprint density at radius 3 is 2.53 bits per heavy atom. The van der Waals surface area contributed by atoms with Crippen molar-refractivity contribution in [1.82, 2.24) is 4.90 Å². The van der Waals surface area contributed by atoms with E-state index in [0.29, 0.717) is 37.0 Å². The van der Waals surface area contributed by atoms with Gasteiger partial charge in [0.25, 0.3) is 0 Å². The lowest BCUT2D eigenvalue weighted by molar-refractivity contribution is -0.145. The molecule has 0 aliphatic carbocycles. The number of rotatable bonds is 1. The first kappa shape index (κ1) is 14.1. The number of halogens is 2. The minimum Gasteiger partial charge on any atom is -0.378 e. The average molecular weight is 303 g/mol. The molecule has 0 radical (unpaired) electrons. The molecule has 2 amide bonds. The number of nitrogens with zero attached hydrogens (tertiary/aromatic N) is 1. The van der Waals surface area contributed by atoms with Gasteiger partial charge in [0.05, 0.1) is 23.9 Å². The molecule has 1 aromatic rings. The summed E-state index contributed by atoms with van der Waals surface area (Å²) in [7, 11) is 0. The van der Waals surface area contributed by atoms with E-state index in [1.54, 1.807) is 12.1 Å². The number of ether oxygens (including phenoxy) is 1. The third-order valence-corrected chi connectivity index (χ3v) is 3.22. The third-order valence-electron chi connectivity index (χ3n) is 2.67. The normalized spacial score (nSPS) is 15.2. The standard InChI is InChI=1S/C12H12Cl2N2O3/c13-8-1-2-10(9(14)7-8)15-11(17)12(18)16-3-5-19-6-4-16/h1-2,7H,3-6H2,(H,15,17). The smallest absolute Gasteiger partial charge is 0.313 e. The van der Waals surface area contributed by atoms with Crippen LogP contribution in [0.4, 0.5) is 5.69 Å². The number of hydrogen-bond acceptors (Lipinski definition) is 3. The van der Waals surface area contributed by atoms with Gasteiger partial charge in [-0.1, -0.05) is 23.2 Å². The molecule has 0 atom stereocenters. The molecule has 1 N–H and O–H groups in total. The number of amides is 2. The van der Waals surface area contributed by atoms with Gasteiger partial charge in [-0.25, -0.2) is 0 Å². The van der Waals surface area contributed by atoms with Crippen molar-refractivity contribution in [3.63, 3.8) is 0 Å². The maximum absolute atomic E-state index is 11.9. The highest BCUT2D eigenvalue weighted by Gasteiger charge is 2.24. The van der Waals surface area contributed by atoms with Crippen molar-refractivity contribution in [3.05, 3.63) is 28.2 Å². The molecule has 1 aromatic carbocycles. The molecule has 1 heterocycles. The third kappa shape index (κ3) is 3.59. The fourth-order valence-corrected chi connectivity index (χ4v) is 2.13. The van der Waals surface area contributed by atoms with E-state index in [4.69, 9.17) is 27.9 Å². The molecule has 1 fully saturated rings. The second-order valence-corrected chi connectivity index (χ2v) is 4.83. The summed E-state index contributed by atoms with van der Waals surface area (Å²) in [4.78, 5) is 25.1. The molecule has 0 unspecified atom stereocenters. The minimum absolute atomic E-state index is 0.288. The second kappa shape index (κ2) is 6.23. The summed E-state index contributed by atoms with van der Waals surface area (Å²) >= 11 is 11.7. The van der Waals surface area contributed by atoms with E-state index in [1.165, 1.54) is 11.0 Å². The van der Waals surface area contributed by atoms with E-state index in [-0.39, 0.29) is 5.02 Å². The number of carbonyl (C=O) groups excluding carboxylic acids is 2. The predicted octanol–water partition coefficient (Wildman–Crippen LogP) is 1.79. The molecule has 0 saturated carbocycles. The lowest BCUT2D eigenvalue weighted by atomic mass is 10.3. The molecule has 0 bridgehead atoms. The SMILES string of the molecule is O=C(Nc1ccc(Cl)cc1Cl)C(=O)N1CCOCC1. The molecule has 1 aliphatic rings. The van der Waals surface area contributed by atoms with Gasteiger partial charge in [0.1, 0.15) is 0 Å². The van der Waals surface area contributed by atoms with Crippen molar-refractivity contribution in [2.75, 3.05) is 31.6 Å². The maximum atomic E-state index is 11.9. The summed E-state index contributed by atoms with van der Waals surface area (Å²) in [5.74, 6) is -1.31. The van der Waals surface area contributed by atoms with Crippen LogP contribution in [-0.4, -0.2) is 43.0 Å². The zero-order valence-corrected chi connectivity index (χ0v) is 11.5. The van der Waals surface area contributed by atoms with E-state index in [2.05, 4.69) is 5.32 Å². The summed E-state index contributed by atoms with van der Waals surface area (Å²) in [6, 6.07) is 4.63. The van der Waals surface area contributed by atoms with Crippen LogP contribution in [0, 0.1) is 0 Å². The van der Waals surface area contributed by atoms with E-state index in [9.17, 15) is 9.59 Å². The van der Waals surface area contributed by atoms with Gasteiger partial charge in [0.15, 0.2) is 0 Å². The van der Waals surface area contributed by atoms with Crippen LogP contribution in [0.3, 0.4) is 0 Å². The fourth-order valence-electron chi connectivity index (χ4n) is 1.68. The van der Waals surface area contributed by atoms with Crippen molar-refractivity contribution in [1.29, 1.82) is 0 Å². The van der Waals surface area contributed by atoms with Crippen molar-refractivity contribution in [2.45, 2.75) is 0 Å². The zero-order valence-electron chi connectivity index (χ0n) is 9.99. The Kier molecular flexibility index (Phi) is 4.63. The topological polar surface area (TPSA) is 58.6 Å². The largest absolute Gasteiger partial charge is 0.378 e. The second-order valence-electron chi connectivity index (χ2n) is 3.98. The predicted molar refractivity (Wildman–Crippen MR) is 72.5 cm³/mol. The molecule has 102 valence electrons. The molecule has 0 spiro atoms. The highest BCUT2D eigenvalue weighted by Crippen LogP contribution is 2.25. The van der Waals surface area contributed by atoms with Crippen LogP contribution in [0.2, 0.25) is 10.0 Å². The van der Waals surface area contributed by atoms with Crippen molar-refractivity contribution in [2.24, 2.45) is 0 Å². The molecule has 2 rings (SSSR count). The van der Waals surface area contributed by atoms with Crippen LogP contribution in [0.1, 0.15) is 0 Å². The van der Waals surface area contributed by atoms with E-state index < -0.39 is 11.8 Å². The van der Waals surface area contributed by atoms with E-state index >= 15 is 0 Å². The highest BCUT2D eigenvalue weighted by atomic mass is 35.5. The summed E-state index contributed by atoms with van der Waals surface area (Å²) in [5, 5.41) is 3.22. The van der Waals surface area contributed by atoms with Crippen molar-refractivity contribution < 1.29 is 14.3 Å². The number of benzene rings is 1. The van der Waals surface area contributed by atoms with Gasteiger partial charge in [-0.3, -0.25) is 9.59 Å². The lowest BCUT2D eigenvalue weighted by Crippen LogP contribution is -2.45. The van der Waals surface area contributed by atoms with E-state index in [1.807, 2.05) is 0 Å². The quantitative estimate of drug-likeness (QED) is 0.805. The minimum atomic E-state index is -0.717. The Labute approximate surface area is 120 Å². The van der Waals surface area contributed by atoms with Crippen LogP contribution in [0.15, 0.2) is 18.2 Å². The molecule has 0 aromatic heterocycles. The molecule has 5 nitrogen and oxygen atoms in total. The highest BCUT2D eigenvalue weighted by molar-refractivity contribution is 6.42. The van der Waals surface area contributed by atoms with Crippen LogP contribution in [-0.2, 0) is 14.3 Å². The Balaban J connectivity index is 2.01. The number of anilines is 1. The number of nitrogens with one attached hydrogen (secondary N) is 1. The molecule has 7 heteroatoms. The summed E-state index contributed by atoms with van der Waals surface area (Å²) < 4.78 is 5.12.